The fourth-order valence-electron chi connectivity index (χ4n) is 3.71. The van der Waals surface area contributed by atoms with Gasteiger partial charge in [-0.05, 0) is 26.7 Å². The topological polar surface area (TPSA) is 43.6 Å². The Morgan fingerprint density at radius 1 is 1.11 bits per heavy atom. The second-order valence-corrected chi connectivity index (χ2v) is 9.02. The summed E-state index contributed by atoms with van der Waals surface area (Å²) in [5, 5.41) is 13.3. The first-order valence-electron chi connectivity index (χ1n) is 9.82. The van der Waals surface area contributed by atoms with Crippen molar-refractivity contribution in [2.75, 3.05) is 0 Å². The van der Waals surface area contributed by atoms with Gasteiger partial charge in [-0.25, -0.2) is 4.98 Å². The van der Waals surface area contributed by atoms with Gasteiger partial charge in [0.25, 0.3) is 0 Å². The number of aryl methyl sites for hydroxylation is 1. The van der Waals surface area contributed by atoms with E-state index in [2.05, 4.69) is 58.3 Å². The molecule has 1 fully saturated rings. The van der Waals surface area contributed by atoms with Crippen LogP contribution in [0.1, 0.15) is 62.0 Å². The van der Waals surface area contributed by atoms with Gasteiger partial charge in [-0.1, -0.05) is 60.9 Å². The molecule has 1 aliphatic carbocycles. The lowest BCUT2D eigenvalue weighted by atomic mass is 9.89. The summed E-state index contributed by atoms with van der Waals surface area (Å²) in [4.78, 5) is 4.82. The van der Waals surface area contributed by atoms with E-state index < -0.39 is 0 Å². The molecule has 0 atom stereocenters. The van der Waals surface area contributed by atoms with Crippen LogP contribution in [0.4, 0.5) is 0 Å². The number of nitrogens with zero attached hydrogens (tertiary/aromatic N) is 4. The van der Waals surface area contributed by atoms with E-state index in [0.717, 1.165) is 28.2 Å². The fraction of sp³-hybridized carbons (Fsp3) is 0.476. The number of hydrogen-bond donors (Lipinski definition) is 0. The first kappa shape index (κ1) is 18.7. The predicted molar refractivity (Wildman–Crippen MR) is 113 cm³/mol. The molecule has 6 heteroatoms. The largest absolute Gasteiger partial charge is 0.306 e. The first-order valence-corrected chi connectivity index (χ1v) is 11.7. The van der Waals surface area contributed by atoms with Gasteiger partial charge >= 0.3 is 0 Å². The van der Waals surface area contributed by atoms with Crippen molar-refractivity contribution in [2.45, 2.75) is 69.3 Å². The number of aromatic nitrogens is 4. The highest BCUT2D eigenvalue weighted by atomic mass is 32.2. The zero-order valence-corrected chi connectivity index (χ0v) is 17.7. The molecule has 0 saturated heterocycles. The Morgan fingerprint density at radius 3 is 2.63 bits per heavy atom. The van der Waals surface area contributed by atoms with E-state index in [1.165, 1.54) is 49.1 Å². The van der Waals surface area contributed by atoms with Gasteiger partial charge in [0.2, 0.25) is 0 Å². The van der Waals surface area contributed by atoms with E-state index in [1.54, 1.807) is 23.1 Å². The zero-order chi connectivity index (χ0) is 18.6. The molecule has 0 aliphatic heterocycles. The molecule has 1 aliphatic rings. The molecule has 0 radical (unpaired) electrons. The van der Waals surface area contributed by atoms with E-state index in [1.807, 2.05) is 0 Å². The van der Waals surface area contributed by atoms with E-state index in [4.69, 9.17) is 4.98 Å². The molecule has 2 aromatic heterocycles. The summed E-state index contributed by atoms with van der Waals surface area (Å²) in [6.07, 6.45) is 6.53. The second-order valence-electron chi connectivity index (χ2n) is 7.22. The molecular weight excluding hydrogens is 372 g/mol. The summed E-state index contributed by atoms with van der Waals surface area (Å²) in [5.74, 6) is 2.62. The Kier molecular flexibility index (Phi) is 5.93. The Morgan fingerprint density at radius 2 is 1.89 bits per heavy atom. The van der Waals surface area contributed by atoms with Gasteiger partial charge in [0.1, 0.15) is 10.8 Å². The Labute approximate surface area is 169 Å². The number of thiazole rings is 1. The van der Waals surface area contributed by atoms with Crippen LogP contribution in [-0.4, -0.2) is 19.7 Å². The Hall–Kier alpha value is -1.66. The van der Waals surface area contributed by atoms with Gasteiger partial charge in [-0.3, -0.25) is 0 Å². The average molecular weight is 399 g/mol. The summed E-state index contributed by atoms with van der Waals surface area (Å²) >= 11 is 3.47. The van der Waals surface area contributed by atoms with Crippen LogP contribution in [0.2, 0.25) is 0 Å². The molecule has 4 rings (SSSR count). The third-order valence-electron chi connectivity index (χ3n) is 5.23. The van der Waals surface area contributed by atoms with Crippen LogP contribution in [0.15, 0.2) is 34.8 Å². The van der Waals surface area contributed by atoms with Crippen molar-refractivity contribution in [3.63, 3.8) is 0 Å². The standard InChI is InChI=1S/C21H26N4S2/c1-3-25-19(16-7-5-4-6-8-16)23-24-21(25)27-14-18-13-26-20(22-18)17-11-9-15(2)10-12-17/h9-13,16H,3-8,14H2,1-2H3. The van der Waals surface area contributed by atoms with Crippen molar-refractivity contribution in [3.05, 3.63) is 46.7 Å². The third kappa shape index (κ3) is 4.27. The molecule has 2 heterocycles. The van der Waals surface area contributed by atoms with E-state index in [-0.39, 0.29) is 0 Å². The molecule has 0 spiro atoms. The molecule has 1 aromatic carbocycles. The normalized spacial score (nSPS) is 15.3. The Bertz CT molecular complexity index is 876. The van der Waals surface area contributed by atoms with Crippen molar-refractivity contribution < 1.29 is 0 Å². The first-order chi connectivity index (χ1) is 13.2. The van der Waals surface area contributed by atoms with Gasteiger partial charge in [-0.15, -0.1) is 21.5 Å². The summed E-state index contributed by atoms with van der Waals surface area (Å²) in [7, 11) is 0. The maximum absolute atomic E-state index is 4.82. The van der Waals surface area contributed by atoms with Crippen LogP contribution in [0.5, 0.6) is 0 Å². The molecule has 4 nitrogen and oxygen atoms in total. The fourth-order valence-corrected chi connectivity index (χ4v) is 5.54. The lowest BCUT2D eigenvalue weighted by Gasteiger charge is -2.21. The van der Waals surface area contributed by atoms with E-state index in [9.17, 15) is 0 Å². The summed E-state index contributed by atoms with van der Waals surface area (Å²) in [5.41, 5.74) is 3.59. The smallest absolute Gasteiger partial charge is 0.191 e. The maximum Gasteiger partial charge on any atom is 0.191 e. The van der Waals surface area contributed by atoms with Crippen LogP contribution < -0.4 is 0 Å². The lowest BCUT2D eigenvalue weighted by Crippen LogP contribution is -2.12. The molecule has 27 heavy (non-hydrogen) atoms. The van der Waals surface area contributed by atoms with Crippen molar-refractivity contribution in [1.29, 1.82) is 0 Å². The highest BCUT2D eigenvalue weighted by Gasteiger charge is 2.23. The second kappa shape index (κ2) is 8.57. The SMILES string of the molecule is CCn1c(SCc2csc(-c3ccc(C)cc3)n2)nnc1C1CCCCC1. The van der Waals surface area contributed by atoms with Gasteiger partial charge in [0, 0.05) is 29.2 Å². The minimum atomic E-state index is 0.591. The predicted octanol–water partition coefficient (Wildman–Crippen LogP) is 6.07. The van der Waals surface area contributed by atoms with Crippen molar-refractivity contribution in [2.24, 2.45) is 0 Å². The average Bonchev–Trinajstić information content (AvgIpc) is 3.34. The molecule has 0 N–H and O–H groups in total. The third-order valence-corrected chi connectivity index (χ3v) is 7.17. The lowest BCUT2D eigenvalue weighted by molar-refractivity contribution is 0.413. The quantitative estimate of drug-likeness (QED) is 0.473. The molecule has 3 aromatic rings. The Balaban J connectivity index is 1.44. The van der Waals surface area contributed by atoms with Gasteiger partial charge in [0.05, 0.1) is 5.69 Å². The van der Waals surface area contributed by atoms with Gasteiger partial charge in [0.15, 0.2) is 5.16 Å². The summed E-state index contributed by atoms with van der Waals surface area (Å²) in [6, 6.07) is 8.58. The minimum absolute atomic E-state index is 0.591. The summed E-state index contributed by atoms with van der Waals surface area (Å²) in [6.45, 7) is 5.24. The van der Waals surface area contributed by atoms with E-state index >= 15 is 0 Å². The monoisotopic (exact) mass is 398 g/mol. The van der Waals surface area contributed by atoms with E-state index in [0.29, 0.717) is 5.92 Å². The maximum atomic E-state index is 4.82. The van der Waals surface area contributed by atoms with Gasteiger partial charge in [-0.2, -0.15) is 0 Å². The molecule has 0 amide bonds. The van der Waals surface area contributed by atoms with Crippen molar-refractivity contribution >= 4 is 23.1 Å². The van der Waals surface area contributed by atoms with Crippen LogP contribution in [0.25, 0.3) is 10.6 Å². The number of hydrogen-bond acceptors (Lipinski definition) is 5. The summed E-state index contributed by atoms with van der Waals surface area (Å²) < 4.78 is 2.31. The van der Waals surface area contributed by atoms with Crippen molar-refractivity contribution in [3.8, 4) is 10.6 Å². The highest BCUT2D eigenvalue weighted by Crippen LogP contribution is 2.34. The minimum Gasteiger partial charge on any atom is -0.306 e. The van der Waals surface area contributed by atoms with Crippen molar-refractivity contribution in [1.82, 2.24) is 19.7 Å². The number of rotatable bonds is 6. The van der Waals surface area contributed by atoms with Crippen LogP contribution in [0, 0.1) is 6.92 Å². The molecule has 0 bridgehead atoms. The number of thioether (sulfide) groups is 1. The number of benzene rings is 1. The van der Waals surface area contributed by atoms with Crippen LogP contribution >= 0.6 is 23.1 Å². The molecule has 0 unspecified atom stereocenters. The van der Waals surface area contributed by atoms with Crippen LogP contribution in [0.3, 0.4) is 0 Å². The zero-order valence-electron chi connectivity index (χ0n) is 16.0. The molecule has 142 valence electrons. The van der Waals surface area contributed by atoms with Crippen LogP contribution in [-0.2, 0) is 12.3 Å². The highest BCUT2D eigenvalue weighted by molar-refractivity contribution is 7.98. The molecule has 1 saturated carbocycles. The van der Waals surface area contributed by atoms with Gasteiger partial charge < -0.3 is 4.57 Å². The molecular formula is C21H26N4S2.